The van der Waals surface area contributed by atoms with Crippen LogP contribution in [0.5, 0.6) is 0 Å². The molecule has 3 unspecified atom stereocenters. The second-order valence-electron chi connectivity index (χ2n) is 5.16. The molecule has 3 nitrogen and oxygen atoms in total. The van der Waals surface area contributed by atoms with Gasteiger partial charge in [0.1, 0.15) is 0 Å². The summed E-state index contributed by atoms with van der Waals surface area (Å²) in [6, 6.07) is 1.38. The van der Waals surface area contributed by atoms with Gasteiger partial charge in [0.2, 0.25) is 0 Å². The van der Waals surface area contributed by atoms with E-state index in [4.69, 9.17) is 0 Å². The maximum atomic E-state index is 9.71. The molecule has 2 rings (SSSR count). The van der Waals surface area contributed by atoms with Crippen molar-refractivity contribution in [1.82, 2.24) is 9.80 Å². The monoisotopic (exact) mass is 212 g/mol. The molecule has 2 heterocycles. The third-order valence-electron chi connectivity index (χ3n) is 3.98. The number of fused-ring (bicyclic) bond motifs is 1. The third-order valence-corrected chi connectivity index (χ3v) is 3.98. The van der Waals surface area contributed by atoms with Crippen molar-refractivity contribution >= 4 is 0 Å². The van der Waals surface area contributed by atoms with Gasteiger partial charge in [-0.1, -0.05) is 6.92 Å². The second kappa shape index (κ2) is 4.81. The molecule has 2 aliphatic rings. The minimum Gasteiger partial charge on any atom is -0.392 e. The van der Waals surface area contributed by atoms with E-state index in [-0.39, 0.29) is 6.10 Å². The van der Waals surface area contributed by atoms with Crippen molar-refractivity contribution in [2.24, 2.45) is 0 Å². The van der Waals surface area contributed by atoms with Gasteiger partial charge in [0, 0.05) is 31.7 Å². The predicted molar refractivity (Wildman–Crippen MR) is 61.9 cm³/mol. The molecule has 0 saturated carbocycles. The average molecular weight is 212 g/mol. The number of hydrogen-bond donors (Lipinski definition) is 1. The minimum atomic E-state index is -0.139. The molecule has 2 saturated heterocycles. The molecule has 0 aromatic heterocycles. The Kier molecular flexibility index (Phi) is 3.65. The van der Waals surface area contributed by atoms with Crippen LogP contribution in [0.15, 0.2) is 0 Å². The molecule has 3 atom stereocenters. The first-order valence-corrected chi connectivity index (χ1v) is 6.37. The third kappa shape index (κ3) is 2.52. The van der Waals surface area contributed by atoms with Crippen molar-refractivity contribution in [3.05, 3.63) is 0 Å². The number of aliphatic hydroxyl groups is 1. The van der Waals surface area contributed by atoms with Crippen LogP contribution in [-0.4, -0.2) is 59.3 Å². The summed E-state index contributed by atoms with van der Waals surface area (Å²) in [4.78, 5) is 5.10. The fraction of sp³-hybridized carbons (Fsp3) is 1.00. The molecule has 0 aromatic carbocycles. The summed E-state index contributed by atoms with van der Waals surface area (Å²) < 4.78 is 0. The van der Waals surface area contributed by atoms with E-state index in [0.29, 0.717) is 6.04 Å². The smallest absolute Gasteiger partial charge is 0.0664 e. The lowest BCUT2D eigenvalue weighted by Crippen LogP contribution is -2.56. The lowest BCUT2D eigenvalue weighted by molar-refractivity contribution is 0.0222. The number of piperazine rings is 1. The maximum absolute atomic E-state index is 9.71. The summed E-state index contributed by atoms with van der Waals surface area (Å²) in [6.07, 6.45) is 3.45. The van der Waals surface area contributed by atoms with Gasteiger partial charge < -0.3 is 5.11 Å². The molecular weight excluding hydrogens is 188 g/mol. The van der Waals surface area contributed by atoms with Gasteiger partial charge in [-0.2, -0.15) is 0 Å². The SMILES string of the molecule is CCC(O)CN1CC2CCCN2CC1C. The van der Waals surface area contributed by atoms with Crippen molar-refractivity contribution in [3.8, 4) is 0 Å². The number of nitrogens with zero attached hydrogens (tertiary/aromatic N) is 2. The Morgan fingerprint density at radius 3 is 2.93 bits per heavy atom. The molecule has 0 aliphatic carbocycles. The molecule has 0 radical (unpaired) electrons. The topological polar surface area (TPSA) is 26.7 Å². The first kappa shape index (κ1) is 11.4. The molecule has 0 amide bonds. The minimum absolute atomic E-state index is 0.139. The Hall–Kier alpha value is -0.120. The second-order valence-corrected chi connectivity index (χ2v) is 5.16. The van der Waals surface area contributed by atoms with Gasteiger partial charge in [-0.3, -0.25) is 9.80 Å². The summed E-state index contributed by atoms with van der Waals surface area (Å²) in [5, 5.41) is 9.71. The number of rotatable bonds is 3. The first-order valence-electron chi connectivity index (χ1n) is 6.37. The fourth-order valence-corrected chi connectivity index (χ4v) is 2.90. The van der Waals surface area contributed by atoms with Crippen LogP contribution in [0, 0.1) is 0 Å². The lowest BCUT2D eigenvalue weighted by Gasteiger charge is -2.43. The average Bonchev–Trinajstić information content (AvgIpc) is 2.65. The van der Waals surface area contributed by atoms with E-state index in [0.717, 1.165) is 25.6 Å². The van der Waals surface area contributed by atoms with Gasteiger partial charge in [-0.05, 0) is 32.7 Å². The van der Waals surface area contributed by atoms with Crippen LogP contribution in [0.25, 0.3) is 0 Å². The zero-order chi connectivity index (χ0) is 10.8. The highest BCUT2D eigenvalue weighted by Crippen LogP contribution is 2.24. The van der Waals surface area contributed by atoms with Crippen LogP contribution in [0.1, 0.15) is 33.1 Å². The molecular formula is C12H24N2O. The number of β-amino-alcohol motifs (C(OH)–C–C–N with tert-alkyl or cyclic N) is 1. The van der Waals surface area contributed by atoms with Gasteiger partial charge >= 0.3 is 0 Å². The Balaban J connectivity index is 1.89. The zero-order valence-electron chi connectivity index (χ0n) is 10.0. The molecule has 15 heavy (non-hydrogen) atoms. The molecule has 88 valence electrons. The highest BCUT2D eigenvalue weighted by molar-refractivity contribution is 4.91. The Bertz CT molecular complexity index is 210. The molecule has 3 heteroatoms. The van der Waals surface area contributed by atoms with E-state index in [1.54, 1.807) is 0 Å². The van der Waals surface area contributed by atoms with Crippen molar-refractivity contribution in [1.29, 1.82) is 0 Å². The molecule has 0 spiro atoms. The van der Waals surface area contributed by atoms with Crippen molar-refractivity contribution in [2.75, 3.05) is 26.2 Å². The summed E-state index contributed by atoms with van der Waals surface area (Å²) in [6.45, 7) is 8.86. The van der Waals surface area contributed by atoms with E-state index in [9.17, 15) is 5.11 Å². The Labute approximate surface area is 93.1 Å². The molecule has 0 bridgehead atoms. The van der Waals surface area contributed by atoms with Crippen LogP contribution < -0.4 is 0 Å². The summed E-state index contributed by atoms with van der Waals surface area (Å²) in [7, 11) is 0. The van der Waals surface area contributed by atoms with Gasteiger partial charge in [-0.15, -0.1) is 0 Å². The number of aliphatic hydroxyl groups excluding tert-OH is 1. The summed E-state index contributed by atoms with van der Waals surface area (Å²) >= 11 is 0. The van der Waals surface area contributed by atoms with E-state index >= 15 is 0 Å². The summed E-state index contributed by atoms with van der Waals surface area (Å²) in [5.41, 5.74) is 0. The van der Waals surface area contributed by atoms with E-state index in [2.05, 4.69) is 23.6 Å². The van der Waals surface area contributed by atoms with Crippen molar-refractivity contribution in [3.63, 3.8) is 0 Å². The largest absolute Gasteiger partial charge is 0.392 e. The maximum Gasteiger partial charge on any atom is 0.0664 e. The van der Waals surface area contributed by atoms with Crippen molar-refractivity contribution < 1.29 is 5.11 Å². The van der Waals surface area contributed by atoms with Gasteiger partial charge in [0.05, 0.1) is 6.10 Å². The quantitative estimate of drug-likeness (QED) is 0.754. The normalized spacial score (nSPS) is 35.4. The van der Waals surface area contributed by atoms with Gasteiger partial charge in [-0.25, -0.2) is 0 Å². The van der Waals surface area contributed by atoms with Crippen LogP contribution in [-0.2, 0) is 0 Å². The van der Waals surface area contributed by atoms with Crippen LogP contribution >= 0.6 is 0 Å². The zero-order valence-corrected chi connectivity index (χ0v) is 10.0. The van der Waals surface area contributed by atoms with Crippen LogP contribution in [0.3, 0.4) is 0 Å². The van der Waals surface area contributed by atoms with Gasteiger partial charge in [0.25, 0.3) is 0 Å². The Morgan fingerprint density at radius 1 is 1.40 bits per heavy atom. The summed E-state index contributed by atoms with van der Waals surface area (Å²) in [5.74, 6) is 0. The standard InChI is InChI=1S/C12H24N2O/c1-3-12(15)9-14-8-11-5-4-6-13(11)7-10(14)2/h10-12,15H,3-9H2,1-2H3. The molecule has 2 fully saturated rings. The van der Waals surface area contributed by atoms with Crippen LogP contribution in [0.2, 0.25) is 0 Å². The predicted octanol–water partition coefficient (Wildman–Crippen LogP) is 0.926. The Morgan fingerprint density at radius 2 is 2.20 bits per heavy atom. The van der Waals surface area contributed by atoms with Crippen molar-refractivity contribution in [2.45, 2.75) is 51.3 Å². The highest BCUT2D eigenvalue weighted by Gasteiger charge is 2.34. The van der Waals surface area contributed by atoms with E-state index < -0.39 is 0 Å². The van der Waals surface area contributed by atoms with Crippen LogP contribution in [0.4, 0.5) is 0 Å². The lowest BCUT2D eigenvalue weighted by atomic mass is 10.1. The molecule has 0 aromatic rings. The van der Waals surface area contributed by atoms with Gasteiger partial charge in [0.15, 0.2) is 0 Å². The number of hydrogen-bond acceptors (Lipinski definition) is 3. The highest BCUT2D eigenvalue weighted by atomic mass is 16.3. The molecule has 2 aliphatic heterocycles. The van der Waals surface area contributed by atoms with E-state index in [1.807, 2.05) is 0 Å². The van der Waals surface area contributed by atoms with E-state index in [1.165, 1.54) is 25.9 Å². The molecule has 1 N–H and O–H groups in total. The fourth-order valence-electron chi connectivity index (χ4n) is 2.90. The first-order chi connectivity index (χ1) is 7.20.